The number of para-hydroxylation sites is 1. The van der Waals surface area contributed by atoms with Crippen LogP contribution in [-0.2, 0) is 17.6 Å². The Labute approximate surface area is 176 Å². The summed E-state index contributed by atoms with van der Waals surface area (Å²) >= 11 is 0. The van der Waals surface area contributed by atoms with Crippen molar-refractivity contribution < 1.29 is 9.53 Å². The van der Waals surface area contributed by atoms with Crippen LogP contribution in [-0.4, -0.2) is 28.0 Å². The van der Waals surface area contributed by atoms with E-state index in [9.17, 15) is 4.79 Å². The summed E-state index contributed by atoms with van der Waals surface area (Å²) in [6.07, 6.45) is 7.30. The molecule has 30 heavy (non-hydrogen) atoms. The molecule has 0 fully saturated rings. The predicted molar refractivity (Wildman–Crippen MR) is 115 cm³/mol. The van der Waals surface area contributed by atoms with E-state index >= 15 is 0 Å². The van der Waals surface area contributed by atoms with Crippen molar-refractivity contribution >= 4 is 5.91 Å². The lowest BCUT2D eigenvalue weighted by atomic mass is 9.74. The van der Waals surface area contributed by atoms with Gasteiger partial charge < -0.3 is 10.1 Å². The van der Waals surface area contributed by atoms with Gasteiger partial charge in [-0.15, -0.1) is 0 Å². The van der Waals surface area contributed by atoms with E-state index in [0.717, 1.165) is 41.0 Å². The molecule has 6 heteroatoms. The van der Waals surface area contributed by atoms with E-state index < -0.39 is 0 Å². The van der Waals surface area contributed by atoms with E-state index in [1.165, 1.54) is 0 Å². The van der Waals surface area contributed by atoms with Crippen LogP contribution in [0.15, 0.2) is 55.0 Å². The molecule has 0 unspecified atom stereocenters. The molecule has 1 aliphatic rings. The number of rotatable bonds is 5. The van der Waals surface area contributed by atoms with Crippen LogP contribution >= 0.6 is 0 Å². The van der Waals surface area contributed by atoms with Crippen LogP contribution in [0.1, 0.15) is 43.1 Å². The van der Waals surface area contributed by atoms with E-state index in [4.69, 9.17) is 9.72 Å². The van der Waals surface area contributed by atoms with Crippen LogP contribution in [0.5, 0.6) is 5.75 Å². The van der Waals surface area contributed by atoms with E-state index in [-0.39, 0.29) is 23.8 Å². The zero-order valence-corrected chi connectivity index (χ0v) is 17.6. The lowest BCUT2D eigenvalue weighted by Gasteiger charge is -2.36. The Morgan fingerprint density at radius 1 is 1.20 bits per heavy atom. The van der Waals surface area contributed by atoms with E-state index in [0.29, 0.717) is 5.82 Å². The number of nitrogens with zero attached hydrogens (tertiary/aromatic N) is 3. The predicted octanol–water partition coefficient (Wildman–Crippen LogP) is 3.92. The first-order valence-corrected chi connectivity index (χ1v) is 10.1. The molecule has 1 N–H and O–H groups in total. The number of amides is 1. The minimum absolute atomic E-state index is 0.0270. The summed E-state index contributed by atoms with van der Waals surface area (Å²) in [6.45, 7) is 4.42. The Hall–Kier alpha value is -3.28. The zero-order valence-electron chi connectivity index (χ0n) is 17.6. The molecule has 0 spiro atoms. The fourth-order valence-corrected chi connectivity index (χ4v) is 4.08. The zero-order chi connectivity index (χ0) is 21.1. The number of hydrogen-bond acceptors (Lipinski definition) is 5. The number of hydrogen-bond donors (Lipinski definition) is 1. The summed E-state index contributed by atoms with van der Waals surface area (Å²) in [6, 6.07) is 11.3. The van der Waals surface area contributed by atoms with Crippen LogP contribution in [0.25, 0.3) is 11.4 Å². The molecule has 1 aromatic carbocycles. The van der Waals surface area contributed by atoms with Crippen molar-refractivity contribution in [2.75, 3.05) is 7.11 Å². The van der Waals surface area contributed by atoms with Crippen LogP contribution in [0.4, 0.5) is 0 Å². The van der Waals surface area contributed by atoms with Gasteiger partial charge in [0.25, 0.3) is 0 Å². The Balaban J connectivity index is 1.58. The molecule has 3 aromatic rings. The molecule has 6 nitrogen and oxygen atoms in total. The monoisotopic (exact) mass is 402 g/mol. The van der Waals surface area contributed by atoms with E-state index in [1.807, 2.05) is 42.6 Å². The third-order valence-electron chi connectivity index (χ3n) is 5.50. The maximum atomic E-state index is 12.8. The van der Waals surface area contributed by atoms with Crippen molar-refractivity contribution in [3.05, 3.63) is 71.8 Å². The Bertz CT molecular complexity index is 1050. The molecule has 0 saturated carbocycles. The summed E-state index contributed by atoms with van der Waals surface area (Å²) < 4.78 is 5.38. The maximum Gasteiger partial charge on any atom is 0.225 e. The van der Waals surface area contributed by atoms with E-state index in [1.54, 1.807) is 19.5 Å². The molecule has 1 aliphatic carbocycles. The van der Waals surface area contributed by atoms with Crippen LogP contribution in [0.3, 0.4) is 0 Å². The van der Waals surface area contributed by atoms with Crippen molar-refractivity contribution in [2.24, 2.45) is 5.41 Å². The largest absolute Gasteiger partial charge is 0.496 e. The second-order valence-electron chi connectivity index (χ2n) is 8.49. The summed E-state index contributed by atoms with van der Waals surface area (Å²) in [5, 5.41) is 3.21. The minimum Gasteiger partial charge on any atom is -0.496 e. The molecule has 1 atom stereocenters. The average Bonchev–Trinajstić information content (AvgIpc) is 2.73. The lowest BCUT2D eigenvalue weighted by Crippen LogP contribution is -2.37. The van der Waals surface area contributed by atoms with Gasteiger partial charge in [-0.1, -0.05) is 32.0 Å². The van der Waals surface area contributed by atoms with Crippen LogP contribution in [0.2, 0.25) is 0 Å². The molecule has 0 saturated heterocycles. The van der Waals surface area contributed by atoms with Crippen molar-refractivity contribution in [1.82, 2.24) is 20.3 Å². The molecule has 4 rings (SSSR count). The Morgan fingerprint density at radius 2 is 1.97 bits per heavy atom. The lowest BCUT2D eigenvalue weighted by molar-refractivity contribution is -0.121. The minimum atomic E-state index is -0.113. The maximum absolute atomic E-state index is 12.8. The van der Waals surface area contributed by atoms with Crippen LogP contribution < -0.4 is 10.1 Å². The topological polar surface area (TPSA) is 77.0 Å². The molecule has 1 amide bonds. The SMILES string of the molecule is COc1ccccc1CC(=O)N[C@H]1CC(C)(C)Cc2nc(-c3ccncc3)ncc21. The van der Waals surface area contributed by atoms with Crippen LogP contribution in [0, 0.1) is 5.41 Å². The second-order valence-corrected chi connectivity index (χ2v) is 8.49. The molecule has 0 radical (unpaired) electrons. The summed E-state index contributed by atoms with van der Waals surface area (Å²) in [7, 11) is 1.62. The first kappa shape index (κ1) is 20.0. The van der Waals surface area contributed by atoms with Gasteiger partial charge in [-0.25, -0.2) is 9.97 Å². The van der Waals surface area contributed by atoms with Crippen molar-refractivity contribution in [1.29, 1.82) is 0 Å². The van der Waals surface area contributed by atoms with Gasteiger partial charge in [0.15, 0.2) is 5.82 Å². The number of carbonyl (C=O) groups excluding carboxylic acids is 1. The molecule has 2 heterocycles. The van der Waals surface area contributed by atoms with Crippen molar-refractivity contribution in [2.45, 2.75) is 39.2 Å². The highest BCUT2D eigenvalue weighted by Crippen LogP contribution is 2.40. The molecule has 0 bridgehead atoms. The van der Waals surface area contributed by atoms with Gasteiger partial charge in [0.2, 0.25) is 5.91 Å². The first-order chi connectivity index (χ1) is 14.4. The van der Waals surface area contributed by atoms with Gasteiger partial charge in [0.05, 0.1) is 25.3 Å². The molecular formula is C24H26N4O2. The number of pyridine rings is 1. The summed E-state index contributed by atoms with van der Waals surface area (Å²) in [5.41, 5.74) is 3.83. The molecule has 0 aliphatic heterocycles. The highest BCUT2D eigenvalue weighted by Gasteiger charge is 2.34. The number of ether oxygens (including phenoxy) is 1. The standard InChI is InChI=1S/C24H26N4O2/c1-24(2)13-19(27-22(29)12-17-6-4-5-7-21(17)30-3)18-15-26-23(28-20(18)14-24)16-8-10-25-11-9-16/h4-11,15,19H,12-14H2,1-3H3,(H,27,29)/t19-/m0/s1. The highest BCUT2D eigenvalue weighted by atomic mass is 16.5. The summed E-state index contributed by atoms with van der Waals surface area (Å²) in [4.78, 5) is 26.3. The van der Waals surface area contributed by atoms with Gasteiger partial charge in [0.1, 0.15) is 5.75 Å². The van der Waals surface area contributed by atoms with Gasteiger partial charge in [-0.3, -0.25) is 9.78 Å². The van der Waals surface area contributed by atoms with Crippen molar-refractivity contribution in [3.63, 3.8) is 0 Å². The van der Waals surface area contributed by atoms with E-state index in [2.05, 4.69) is 29.1 Å². The first-order valence-electron chi connectivity index (χ1n) is 10.1. The number of aromatic nitrogens is 3. The Morgan fingerprint density at radius 3 is 2.73 bits per heavy atom. The number of methoxy groups -OCH3 is 1. The number of fused-ring (bicyclic) bond motifs is 1. The molecular weight excluding hydrogens is 376 g/mol. The quantitative estimate of drug-likeness (QED) is 0.700. The third kappa shape index (κ3) is 4.32. The summed E-state index contributed by atoms with van der Waals surface area (Å²) in [5.74, 6) is 1.38. The average molecular weight is 402 g/mol. The fourth-order valence-electron chi connectivity index (χ4n) is 4.08. The third-order valence-corrected chi connectivity index (χ3v) is 5.50. The Kier molecular flexibility index (Phi) is 5.48. The fraction of sp³-hybridized carbons (Fsp3) is 0.333. The van der Waals surface area contributed by atoms with Gasteiger partial charge in [-0.2, -0.15) is 0 Å². The van der Waals surface area contributed by atoms with Gasteiger partial charge in [-0.05, 0) is 36.5 Å². The number of nitrogens with one attached hydrogen (secondary N) is 1. The van der Waals surface area contributed by atoms with Gasteiger partial charge in [0, 0.05) is 35.3 Å². The van der Waals surface area contributed by atoms with Crippen molar-refractivity contribution in [3.8, 4) is 17.1 Å². The highest BCUT2D eigenvalue weighted by molar-refractivity contribution is 5.80. The molecule has 2 aromatic heterocycles. The molecule has 154 valence electrons. The number of benzene rings is 1. The van der Waals surface area contributed by atoms with Gasteiger partial charge >= 0.3 is 0 Å². The normalized spacial score (nSPS) is 17.1. The smallest absolute Gasteiger partial charge is 0.225 e. The second kappa shape index (κ2) is 8.22. The number of carbonyl (C=O) groups is 1.